The number of nitrogens with zero attached hydrogens (tertiary/aromatic N) is 2. The molecule has 1 N–H and O–H groups in total. The van der Waals surface area contributed by atoms with Crippen LogP contribution in [0.25, 0.3) is 5.57 Å². The van der Waals surface area contributed by atoms with Crippen LogP contribution in [0.1, 0.15) is 38.7 Å². The summed E-state index contributed by atoms with van der Waals surface area (Å²) in [6.07, 6.45) is 3.07. The fraction of sp³-hybridized carbons (Fsp3) is 0.407. The molecule has 0 saturated carbocycles. The highest BCUT2D eigenvalue weighted by Crippen LogP contribution is 2.32. The van der Waals surface area contributed by atoms with Gasteiger partial charge in [0, 0.05) is 44.7 Å². The van der Waals surface area contributed by atoms with Gasteiger partial charge in [-0.25, -0.2) is 0 Å². The van der Waals surface area contributed by atoms with Crippen molar-refractivity contribution in [2.24, 2.45) is 0 Å². The molecular weight excluding hydrogens is 430 g/mol. The summed E-state index contributed by atoms with van der Waals surface area (Å²) in [5.74, 6) is 0.108. The average Bonchev–Trinajstić information content (AvgIpc) is 3.44. The fourth-order valence-electron chi connectivity index (χ4n) is 4.38. The molecule has 180 valence electrons. The van der Waals surface area contributed by atoms with Gasteiger partial charge in [-0.3, -0.25) is 14.5 Å². The monoisotopic (exact) mass is 463 g/mol. The molecule has 2 heterocycles. The van der Waals surface area contributed by atoms with Crippen molar-refractivity contribution in [3.05, 3.63) is 59.8 Å². The number of methoxy groups -OCH3 is 1. The van der Waals surface area contributed by atoms with Gasteiger partial charge in [0.1, 0.15) is 11.4 Å². The van der Waals surface area contributed by atoms with Gasteiger partial charge in [0.25, 0.3) is 11.8 Å². The minimum absolute atomic E-state index is 0.0526. The van der Waals surface area contributed by atoms with Crippen LogP contribution in [0.3, 0.4) is 0 Å². The molecule has 2 aromatic carbocycles. The highest BCUT2D eigenvalue weighted by atomic mass is 16.5. The summed E-state index contributed by atoms with van der Waals surface area (Å²) >= 11 is 0. The first-order valence-corrected chi connectivity index (χ1v) is 12.0. The zero-order chi connectivity index (χ0) is 24.1. The van der Waals surface area contributed by atoms with E-state index in [4.69, 9.17) is 9.47 Å². The van der Waals surface area contributed by atoms with E-state index >= 15 is 0 Å². The van der Waals surface area contributed by atoms with Crippen LogP contribution in [0.15, 0.2) is 54.2 Å². The smallest absolute Gasteiger partial charge is 0.278 e. The van der Waals surface area contributed by atoms with Crippen LogP contribution in [0, 0.1) is 0 Å². The van der Waals surface area contributed by atoms with Gasteiger partial charge in [0.15, 0.2) is 0 Å². The van der Waals surface area contributed by atoms with Gasteiger partial charge < -0.3 is 19.7 Å². The van der Waals surface area contributed by atoms with Crippen LogP contribution in [-0.4, -0.2) is 56.2 Å². The zero-order valence-corrected chi connectivity index (χ0v) is 20.2. The maximum Gasteiger partial charge on any atom is 0.278 e. The van der Waals surface area contributed by atoms with Crippen molar-refractivity contribution in [1.82, 2.24) is 4.90 Å². The molecule has 2 aliphatic heterocycles. The normalized spacial score (nSPS) is 16.2. The minimum atomic E-state index is -0.317. The summed E-state index contributed by atoms with van der Waals surface area (Å²) in [5, 5.41) is 3.24. The molecule has 4 rings (SSSR count). The Hall–Kier alpha value is -3.32. The van der Waals surface area contributed by atoms with E-state index in [1.54, 1.807) is 7.11 Å². The average molecular weight is 464 g/mol. The predicted octanol–water partition coefficient (Wildman–Crippen LogP) is 4.30. The largest absolute Gasteiger partial charge is 0.491 e. The minimum Gasteiger partial charge on any atom is -0.491 e. The molecule has 0 unspecified atom stereocenters. The number of ether oxygens (including phenoxy) is 2. The number of benzene rings is 2. The number of hydrogen-bond donors (Lipinski definition) is 1. The van der Waals surface area contributed by atoms with Gasteiger partial charge in [-0.1, -0.05) is 12.1 Å². The molecule has 2 aromatic rings. The van der Waals surface area contributed by atoms with Crippen LogP contribution in [0.5, 0.6) is 5.75 Å². The molecular formula is C27H33N3O4. The fourth-order valence-corrected chi connectivity index (χ4v) is 4.38. The van der Waals surface area contributed by atoms with Gasteiger partial charge in [-0.15, -0.1) is 0 Å². The van der Waals surface area contributed by atoms with E-state index in [0.717, 1.165) is 24.5 Å². The standard InChI is InChI=1S/C27H33N3O4/c1-19(2)34-23-13-7-20(8-14-23)24-25(27(32)30(26(24)31)17-6-18-33-3)28-21-9-11-22(12-10-21)29-15-4-5-16-29/h7-14,19,28H,4-6,15-18H2,1-3H3. The van der Waals surface area contributed by atoms with Gasteiger partial charge in [0.2, 0.25) is 0 Å². The van der Waals surface area contributed by atoms with Crippen LogP contribution >= 0.6 is 0 Å². The number of carbonyl (C=O) groups is 2. The maximum atomic E-state index is 13.3. The molecule has 0 spiro atoms. The molecule has 1 fully saturated rings. The first kappa shape index (κ1) is 23.8. The third-order valence-corrected chi connectivity index (χ3v) is 6.02. The lowest BCUT2D eigenvalue weighted by Gasteiger charge is -2.18. The van der Waals surface area contributed by atoms with Crippen molar-refractivity contribution in [2.75, 3.05) is 43.6 Å². The van der Waals surface area contributed by atoms with Gasteiger partial charge in [-0.05, 0) is 75.1 Å². The summed E-state index contributed by atoms with van der Waals surface area (Å²) in [4.78, 5) is 30.3. The highest BCUT2D eigenvalue weighted by molar-refractivity contribution is 6.36. The van der Waals surface area contributed by atoms with Crippen molar-refractivity contribution >= 4 is 28.8 Å². The van der Waals surface area contributed by atoms with Crippen molar-refractivity contribution in [3.8, 4) is 5.75 Å². The lowest BCUT2D eigenvalue weighted by Crippen LogP contribution is -2.33. The number of amides is 2. The predicted molar refractivity (Wildman–Crippen MR) is 134 cm³/mol. The maximum absolute atomic E-state index is 13.3. The van der Waals surface area contributed by atoms with Crippen molar-refractivity contribution < 1.29 is 19.1 Å². The molecule has 0 bridgehead atoms. The topological polar surface area (TPSA) is 71.1 Å². The molecule has 2 aliphatic rings. The van der Waals surface area contributed by atoms with Gasteiger partial charge in [-0.2, -0.15) is 0 Å². The van der Waals surface area contributed by atoms with E-state index in [0.29, 0.717) is 36.4 Å². The summed E-state index contributed by atoms with van der Waals surface area (Å²) in [6, 6.07) is 15.4. The highest BCUT2D eigenvalue weighted by Gasteiger charge is 2.38. The van der Waals surface area contributed by atoms with Crippen LogP contribution in [0.2, 0.25) is 0 Å². The van der Waals surface area contributed by atoms with Crippen LogP contribution in [-0.2, 0) is 14.3 Å². The number of rotatable bonds is 10. The molecule has 0 aliphatic carbocycles. The second kappa shape index (κ2) is 10.7. The Morgan fingerprint density at radius 2 is 1.62 bits per heavy atom. The number of hydrogen-bond acceptors (Lipinski definition) is 6. The number of imide groups is 1. The molecule has 7 nitrogen and oxygen atoms in total. The Labute approximate surface area is 201 Å². The Morgan fingerprint density at radius 1 is 0.941 bits per heavy atom. The molecule has 0 atom stereocenters. The van der Waals surface area contributed by atoms with Crippen molar-refractivity contribution in [2.45, 2.75) is 39.2 Å². The Kier molecular flexibility index (Phi) is 7.53. The molecule has 34 heavy (non-hydrogen) atoms. The third-order valence-electron chi connectivity index (χ3n) is 6.02. The van der Waals surface area contributed by atoms with Crippen molar-refractivity contribution in [3.63, 3.8) is 0 Å². The van der Waals surface area contributed by atoms with E-state index in [-0.39, 0.29) is 17.9 Å². The van der Waals surface area contributed by atoms with Gasteiger partial charge in [0.05, 0.1) is 11.7 Å². The first-order valence-electron chi connectivity index (χ1n) is 12.0. The Morgan fingerprint density at radius 3 is 2.24 bits per heavy atom. The molecule has 1 saturated heterocycles. The first-order chi connectivity index (χ1) is 16.5. The lowest BCUT2D eigenvalue weighted by atomic mass is 10.0. The second-order valence-electron chi connectivity index (χ2n) is 8.92. The Bertz CT molecular complexity index is 1040. The molecule has 0 radical (unpaired) electrons. The van der Waals surface area contributed by atoms with E-state index < -0.39 is 0 Å². The molecule has 0 aromatic heterocycles. The van der Waals surface area contributed by atoms with E-state index in [1.807, 2.05) is 50.2 Å². The van der Waals surface area contributed by atoms with Gasteiger partial charge >= 0.3 is 0 Å². The SMILES string of the molecule is COCCCN1C(=O)C(Nc2ccc(N3CCCC3)cc2)=C(c2ccc(OC(C)C)cc2)C1=O. The van der Waals surface area contributed by atoms with Crippen molar-refractivity contribution in [1.29, 1.82) is 0 Å². The number of carbonyl (C=O) groups excluding carboxylic acids is 2. The molecule has 2 amide bonds. The lowest BCUT2D eigenvalue weighted by molar-refractivity contribution is -0.137. The van der Waals surface area contributed by atoms with E-state index in [9.17, 15) is 9.59 Å². The third kappa shape index (κ3) is 5.25. The second-order valence-corrected chi connectivity index (χ2v) is 8.92. The summed E-state index contributed by atoms with van der Waals surface area (Å²) in [6.45, 7) is 6.86. The summed E-state index contributed by atoms with van der Waals surface area (Å²) in [7, 11) is 1.61. The van der Waals surface area contributed by atoms with E-state index in [1.165, 1.54) is 23.4 Å². The zero-order valence-electron chi connectivity index (χ0n) is 20.2. The molecule has 7 heteroatoms. The van der Waals surface area contributed by atoms with Crippen LogP contribution in [0.4, 0.5) is 11.4 Å². The Balaban J connectivity index is 1.61. The number of nitrogens with one attached hydrogen (secondary N) is 1. The summed E-state index contributed by atoms with van der Waals surface area (Å²) < 4.78 is 10.8. The van der Waals surface area contributed by atoms with Crippen LogP contribution < -0.4 is 15.0 Å². The van der Waals surface area contributed by atoms with E-state index in [2.05, 4.69) is 22.3 Å². The summed E-state index contributed by atoms with van der Waals surface area (Å²) in [5.41, 5.74) is 3.30. The number of anilines is 2. The quantitative estimate of drug-likeness (QED) is 0.418.